The number of aromatic carboxylic acids is 1. The van der Waals surface area contributed by atoms with E-state index in [0.717, 1.165) is 0 Å². The lowest BCUT2D eigenvalue weighted by Gasteiger charge is -2.26. The van der Waals surface area contributed by atoms with Crippen LogP contribution in [-0.4, -0.2) is 49.1 Å². The van der Waals surface area contributed by atoms with Gasteiger partial charge in [-0.3, -0.25) is 4.72 Å². The highest BCUT2D eigenvalue weighted by Crippen LogP contribution is 2.24. The van der Waals surface area contributed by atoms with E-state index in [1.54, 1.807) is 0 Å². The fourth-order valence-corrected chi connectivity index (χ4v) is 2.87. The SMILES string of the molecule is [2H]OC(=O)c1c([2H])c([2H])c(S(=O)(=O)N([2H])c2c([2H])c([2H])c3c(c2[2H])C([2H])C([2H])N(C(=O)OC(C([2H])([2H])[2H])(C([2H])([2H])[2H])C([2H])([2H])[2H])C([2H])C3[2H])c([2H])c1[2H]. The second kappa shape index (κ2) is 8.58. The number of hydrogen-bond donors (Lipinski definition) is 2. The molecule has 0 radical (unpaired) electrons. The van der Waals surface area contributed by atoms with E-state index in [-0.39, 0.29) is 4.90 Å². The first-order valence-electron chi connectivity index (χ1n) is 19.1. The van der Waals surface area contributed by atoms with Crippen LogP contribution in [0, 0.1) is 0 Å². The van der Waals surface area contributed by atoms with Gasteiger partial charge in [0.1, 0.15) is 5.60 Å². The van der Waals surface area contributed by atoms with Gasteiger partial charge in [0.15, 0.2) is 1.41 Å². The van der Waals surface area contributed by atoms with E-state index in [9.17, 15) is 18.0 Å². The Balaban J connectivity index is 2.30. The first-order valence-corrected chi connectivity index (χ1v) is 9.39. The third-order valence-electron chi connectivity index (χ3n) is 3.39. The quantitative estimate of drug-likeness (QED) is 0.710. The Kier molecular flexibility index (Phi) is 2.08. The van der Waals surface area contributed by atoms with E-state index in [4.69, 9.17) is 30.3 Å². The van der Waals surface area contributed by atoms with Crippen LogP contribution in [0.1, 0.15) is 69.5 Å². The zero-order chi connectivity index (χ0) is 41.5. The molecular formula is C22H26N2O6S. The lowest BCUT2D eigenvalue weighted by atomic mass is 10.0. The van der Waals surface area contributed by atoms with Crippen LogP contribution in [0.5, 0.6) is 0 Å². The Labute approximate surface area is 212 Å². The Hall–Kier alpha value is -3.07. The smallest absolute Gasteiger partial charge is 0.410 e. The van der Waals surface area contributed by atoms with Gasteiger partial charge in [-0.15, -0.1) is 0 Å². The fourth-order valence-electron chi connectivity index (χ4n) is 2.09. The Morgan fingerprint density at radius 1 is 1.19 bits per heavy atom. The molecule has 1 aliphatic heterocycles. The number of carbonyl (C=O) groups excluding carboxylic acids is 1. The van der Waals surface area contributed by atoms with Crippen molar-refractivity contribution in [3.63, 3.8) is 0 Å². The average Bonchev–Trinajstić information content (AvgIpc) is 3.08. The van der Waals surface area contributed by atoms with Gasteiger partial charge in [0.25, 0.3) is 11.5 Å². The molecule has 0 fully saturated rings. The van der Waals surface area contributed by atoms with E-state index in [1.165, 1.54) is 0 Å². The highest BCUT2D eigenvalue weighted by molar-refractivity contribution is 7.92. The van der Waals surface area contributed by atoms with Crippen LogP contribution in [0.2, 0.25) is 1.41 Å². The fraction of sp³-hybridized carbons (Fsp3) is 0.364. The van der Waals surface area contributed by atoms with E-state index in [1.807, 2.05) is 0 Å². The van der Waals surface area contributed by atoms with Crippen molar-refractivity contribution < 1.29 is 56.7 Å². The molecule has 0 saturated heterocycles. The van der Waals surface area contributed by atoms with E-state index < -0.39 is 148 Å². The molecule has 4 atom stereocenters. The van der Waals surface area contributed by atoms with Crippen LogP contribution in [0.4, 0.5) is 10.5 Å². The first-order chi connectivity index (χ1) is 23.8. The zero-order valence-corrected chi connectivity index (χ0v) is 15.9. The molecular weight excluding hydrogens is 420 g/mol. The van der Waals surface area contributed by atoms with Gasteiger partial charge in [-0.1, -0.05) is 6.04 Å². The number of ether oxygens (including phenoxy) is 1. The maximum absolute atomic E-state index is 13.7. The van der Waals surface area contributed by atoms with Crippen molar-refractivity contribution in [2.75, 3.05) is 17.8 Å². The topological polar surface area (TPSA) is 113 Å². The minimum atomic E-state index is -5.76. The monoisotopic (exact) mass is 468 g/mol. The van der Waals surface area contributed by atoms with Crippen LogP contribution in [0.15, 0.2) is 47.2 Å². The number of sulfonamides is 1. The molecule has 0 saturated carbocycles. The molecule has 0 aliphatic carbocycles. The van der Waals surface area contributed by atoms with Crippen LogP contribution >= 0.6 is 0 Å². The van der Waals surface area contributed by atoms with Gasteiger partial charge in [0.05, 0.1) is 20.1 Å². The molecule has 31 heavy (non-hydrogen) atoms. The number of hydrogen-bond acceptors (Lipinski definition) is 6. The number of nitrogens with zero attached hydrogens (tertiary/aromatic N) is 1. The Morgan fingerprint density at radius 3 is 2.52 bits per heavy atom. The first kappa shape index (κ1) is 7.51. The summed E-state index contributed by atoms with van der Waals surface area (Å²) < 4.78 is 207. The molecule has 8 nitrogen and oxygen atoms in total. The van der Waals surface area contributed by atoms with Crippen molar-refractivity contribution in [1.82, 2.24) is 4.90 Å². The van der Waals surface area contributed by atoms with Crippen molar-refractivity contribution in [2.45, 2.75) is 43.8 Å². The lowest BCUT2D eigenvalue weighted by molar-refractivity contribution is 0.0258. The molecule has 0 spiro atoms. The summed E-state index contributed by atoms with van der Waals surface area (Å²) in [7, 11) is -5.76. The third kappa shape index (κ3) is 5.75. The summed E-state index contributed by atoms with van der Waals surface area (Å²) in [6.07, 6.45) is -7.25. The minimum absolute atomic E-state index is 0.224. The molecule has 1 heterocycles. The number of rotatable bonds is 4. The van der Waals surface area contributed by atoms with Gasteiger partial charge < -0.3 is 14.7 Å². The van der Waals surface area contributed by atoms with Crippen LogP contribution < -0.4 is 4.72 Å². The van der Waals surface area contributed by atoms with E-state index in [2.05, 4.69) is 9.85 Å². The molecule has 1 amide bonds. The number of benzene rings is 2. The number of fused-ring (bicyclic) bond motifs is 1. The summed E-state index contributed by atoms with van der Waals surface area (Å²) in [6.45, 7) is -17.6. The average molecular weight is 469 g/mol. The predicted molar refractivity (Wildman–Crippen MR) is 116 cm³/mol. The number of carboxylic acid groups (broad SMARTS) is 1. The van der Waals surface area contributed by atoms with Crippen LogP contribution in [0.25, 0.3) is 1.43 Å². The maximum Gasteiger partial charge on any atom is 0.410 e. The summed E-state index contributed by atoms with van der Waals surface area (Å²) >= 11 is 0. The summed E-state index contributed by atoms with van der Waals surface area (Å²) in [5.74, 6) is -1.72. The third-order valence-corrected chi connectivity index (χ3v) is 4.53. The second-order valence-corrected chi connectivity index (χ2v) is 7.24. The number of nitrogens with one attached hydrogen (secondary N) is 1. The van der Waals surface area contributed by atoms with E-state index >= 15 is 0 Å². The Bertz CT molecular complexity index is 1880. The second-order valence-electron chi connectivity index (χ2n) is 5.70. The van der Waals surface area contributed by atoms with Gasteiger partial charge in [-0.05, 0) is 80.7 Å². The van der Waals surface area contributed by atoms with Crippen molar-refractivity contribution in [3.05, 3.63) is 59.0 Å². The van der Waals surface area contributed by atoms with Crippen molar-refractivity contribution in [2.24, 2.45) is 0 Å². The van der Waals surface area contributed by atoms with Crippen molar-refractivity contribution in [3.8, 4) is 0 Å². The molecule has 4 unspecified atom stereocenters. The van der Waals surface area contributed by atoms with Crippen molar-refractivity contribution >= 4 is 27.8 Å². The molecule has 2 aromatic rings. The molecule has 0 bridgehead atoms. The summed E-state index contributed by atoms with van der Waals surface area (Å²) in [5.41, 5.74) is -8.90. The largest absolute Gasteiger partial charge is 0.478 e. The van der Waals surface area contributed by atoms with Crippen LogP contribution in [-0.2, 0) is 27.6 Å². The highest BCUT2D eigenvalue weighted by Gasteiger charge is 2.24. The maximum atomic E-state index is 13.7. The van der Waals surface area contributed by atoms with Gasteiger partial charge in [-0.25, -0.2) is 18.0 Å². The van der Waals surface area contributed by atoms with E-state index in [0.29, 0.717) is 0 Å². The Morgan fingerprint density at radius 2 is 1.87 bits per heavy atom. The lowest BCUT2D eigenvalue weighted by Crippen LogP contribution is -2.38. The molecule has 3 rings (SSSR count). The molecule has 2 N–H and O–H groups in total. The standard InChI is InChI=1S/C22H26N2O6S/c1-22(2,3)30-21(27)24-12-10-15-4-7-18(14-17(15)11-13-24)23-31(28,29)19-8-5-16(6-9-19)20(25)26/h4-9,14,23H,10-13H2,1-3H3,(H,25,26)/i1D3,2D3,3D3,4D,5D,6D,7D,8D,9D,10D,11D,12D,13D,14D/hD2. The number of anilines is 1. The van der Waals surface area contributed by atoms with Gasteiger partial charge in [0.2, 0.25) is 0 Å². The zero-order valence-electron chi connectivity index (χ0n) is 37.1. The van der Waals surface area contributed by atoms with Crippen molar-refractivity contribution in [1.29, 1.82) is 1.43 Å². The summed E-state index contributed by atoms with van der Waals surface area (Å²) in [6, 6.07) is -9.70. The summed E-state index contributed by atoms with van der Waals surface area (Å²) in [5, 5.41) is 3.65. The predicted octanol–water partition coefficient (Wildman–Crippen LogP) is 3.52. The number of amides is 1. The molecule has 1 aliphatic rings. The summed E-state index contributed by atoms with van der Waals surface area (Å²) in [4.78, 5) is 23.5. The highest BCUT2D eigenvalue weighted by atomic mass is 32.2. The molecule has 2 aromatic carbocycles. The number of carbonyl (C=O) groups is 2. The number of carboxylic acids is 1. The minimum Gasteiger partial charge on any atom is -0.478 e. The van der Waals surface area contributed by atoms with Gasteiger partial charge >= 0.3 is 12.1 Å². The van der Waals surface area contributed by atoms with Crippen LogP contribution in [0.3, 0.4) is 0 Å². The van der Waals surface area contributed by atoms with Gasteiger partial charge in [-0.2, -0.15) is 0 Å². The molecule has 9 heteroatoms. The molecule has 0 aromatic heterocycles. The van der Waals surface area contributed by atoms with Gasteiger partial charge in [0, 0.05) is 36.5 Å². The normalized spacial score (nSPS) is 35.2. The molecule has 166 valence electrons.